The number of hydrogen-bond donors (Lipinski definition) is 2. The number of alkyl halides is 3. The Morgan fingerprint density at radius 1 is 0.972 bits per heavy atom. The second-order valence-electron chi connectivity index (χ2n) is 6.90. The van der Waals surface area contributed by atoms with E-state index in [2.05, 4.69) is 30.1 Å². The Labute approximate surface area is 205 Å². The highest BCUT2D eigenvalue weighted by Crippen LogP contribution is 2.38. The fraction of sp³-hybridized carbons (Fsp3) is 0.143. The van der Waals surface area contributed by atoms with Gasteiger partial charge in [-0.05, 0) is 36.4 Å². The number of nitrogens with zero attached hydrogens (tertiary/aromatic N) is 3. The topological polar surface area (TPSA) is 146 Å². The molecule has 0 saturated carbocycles. The molecule has 11 nitrogen and oxygen atoms in total. The first-order valence-electron chi connectivity index (χ1n) is 9.66. The highest BCUT2D eigenvalue weighted by molar-refractivity contribution is 6.33. The summed E-state index contributed by atoms with van der Waals surface area (Å²) in [5, 5.41) is 16.7. The molecule has 188 valence electrons. The van der Waals surface area contributed by atoms with Crippen LogP contribution in [-0.2, 0) is 15.7 Å². The molecule has 2 N–H and O–H groups in total. The van der Waals surface area contributed by atoms with Crippen LogP contribution in [0, 0.1) is 10.1 Å². The zero-order valence-electron chi connectivity index (χ0n) is 18.3. The Hall–Kier alpha value is -4.46. The molecule has 0 fully saturated rings. The summed E-state index contributed by atoms with van der Waals surface area (Å²) in [5.41, 5.74) is -2.22. The lowest BCUT2D eigenvalue weighted by Crippen LogP contribution is -2.10. The number of esters is 2. The number of carbonyl (C=O) groups excluding carboxylic acids is 2. The van der Waals surface area contributed by atoms with E-state index in [0.29, 0.717) is 6.07 Å². The van der Waals surface area contributed by atoms with Crippen molar-refractivity contribution in [3.05, 3.63) is 74.6 Å². The van der Waals surface area contributed by atoms with Gasteiger partial charge in [-0.1, -0.05) is 11.6 Å². The molecule has 36 heavy (non-hydrogen) atoms. The van der Waals surface area contributed by atoms with Crippen LogP contribution in [0.15, 0.2) is 42.7 Å². The third kappa shape index (κ3) is 5.78. The van der Waals surface area contributed by atoms with Gasteiger partial charge in [-0.25, -0.2) is 19.6 Å². The van der Waals surface area contributed by atoms with Crippen molar-refractivity contribution in [3.63, 3.8) is 0 Å². The summed E-state index contributed by atoms with van der Waals surface area (Å²) in [7, 11) is 2.23. The van der Waals surface area contributed by atoms with E-state index in [0.717, 1.165) is 32.7 Å². The molecule has 0 aliphatic heterocycles. The van der Waals surface area contributed by atoms with Crippen LogP contribution in [-0.4, -0.2) is 41.0 Å². The molecule has 1 heterocycles. The average Bonchev–Trinajstić information content (AvgIpc) is 2.83. The first-order valence-corrected chi connectivity index (χ1v) is 10.0. The van der Waals surface area contributed by atoms with Crippen molar-refractivity contribution in [2.24, 2.45) is 0 Å². The minimum Gasteiger partial charge on any atom is -0.465 e. The maximum absolute atomic E-state index is 13.1. The van der Waals surface area contributed by atoms with E-state index in [1.165, 1.54) is 18.2 Å². The Morgan fingerprint density at radius 3 is 2.03 bits per heavy atom. The molecule has 0 bridgehead atoms. The van der Waals surface area contributed by atoms with Crippen molar-refractivity contribution in [2.75, 3.05) is 24.9 Å². The Bertz CT molecular complexity index is 1320. The van der Waals surface area contributed by atoms with Crippen LogP contribution in [0.25, 0.3) is 0 Å². The standard InChI is InChI=1S/C21H15ClF3N5O6/c1-35-19(31)10-5-11(20(32)36-2)7-13(6-10)28-17-16(30(33)34)18(27-9-26-17)29-15-8-12(21(23,24)25)3-4-14(15)22/h3-9H,1-2H3,(H2,26,27,28,29). The van der Waals surface area contributed by atoms with Gasteiger partial charge in [0.1, 0.15) is 6.33 Å². The van der Waals surface area contributed by atoms with Crippen LogP contribution >= 0.6 is 11.6 Å². The number of nitro groups is 1. The minimum atomic E-state index is -4.69. The van der Waals surface area contributed by atoms with Gasteiger partial charge in [-0.15, -0.1) is 0 Å². The first kappa shape index (κ1) is 26.2. The largest absolute Gasteiger partial charge is 0.465 e. The number of nitrogens with one attached hydrogen (secondary N) is 2. The molecule has 3 rings (SSSR count). The Balaban J connectivity index is 2.07. The summed E-state index contributed by atoms with van der Waals surface area (Å²) in [5.74, 6) is -2.49. The SMILES string of the molecule is COC(=O)c1cc(Nc2ncnc(Nc3cc(C(F)(F)F)ccc3Cl)c2[N+](=O)[O-])cc(C(=O)OC)c1. The molecule has 0 radical (unpaired) electrons. The van der Waals surface area contributed by atoms with Gasteiger partial charge in [0, 0.05) is 5.69 Å². The normalized spacial score (nSPS) is 10.9. The van der Waals surface area contributed by atoms with Crippen LogP contribution in [0.5, 0.6) is 0 Å². The summed E-state index contributed by atoms with van der Waals surface area (Å²) in [6, 6.07) is 6.07. The van der Waals surface area contributed by atoms with E-state index in [-0.39, 0.29) is 27.5 Å². The van der Waals surface area contributed by atoms with Gasteiger partial charge in [0.2, 0.25) is 11.6 Å². The molecule has 3 aromatic rings. The molecule has 0 unspecified atom stereocenters. The number of benzene rings is 2. The Morgan fingerprint density at radius 2 is 1.53 bits per heavy atom. The van der Waals surface area contributed by atoms with E-state index in [1.807, 2.05) is 0 Å². The lowest BCUT2D eigenvalue weighted by molar-refractivity contribution is -0.383. The number of carbonyl (C=O) groups is 2. The summed E-state index contributed by atoms with van der Waals surface area (Å²) >= 11 is 5.97. The highest BCUT2D eigenvalue weighted by atomic mass is 35.5. The summed E-state index contributed by atoms with van der Waals surface area (Å²) in [4.78, 5) is 42.6. The van der Waals surface area contributed by atoms with Crippen molar-refractivity contribution in [1.82, 2.24) is 9.97 Å². The zero-order chi connectivity index (χ0) is 26.6. The van der Waals surface area contributed by atoms with Crippen LogP contribution < -0.4 is 10.6 Å². The molecule has 1 aromatic heterocycles. The number of anilines is 4. The maximum atomic E-state index is 13.1. The monoisotopic (exact) mass is 525 g/mol. The van der Waals surface area contributed by atoms with Crippen LogP contribution in [0.4, 0.5) is 41.9 Å². The lowest BCUT2D eigenvalue weighted by Gasteiger charge is -2.14. The van der Waals surface area contributed by atoms with E-state index in [9.17, 15) is 32.9 Å². The number of ether oxygens (including phenoxy) is 2. The minimum absolute atomic E-state index is 0.0168. The molecule has 15 heteroatoms. The van der Waals surface area contributed by atoms with Crippen LogP contribution in [0.1, 0.15) is 26.3 Å². The van der Waals surface area contributed by atoms with Gasteiger partial charge in [0.25, 0.3) is 0 Å². The zero-order valence-corrected chi connectivity index (χ0v) is 19.1. The molecule has 0 spiro atoms. The third-order valence-corrected chi connectivity index (χ3v) is 4.92. The van der Waals surface area contributed by atoms with Gasteiger partial charge in [-0.3, -0.25) is 10.1 Å². The van der Waals surface area contributed by atoms with Crippen molar-refractivity contribution in [1.29, 1.82) is 0 Å². The highest BCUT2D eigenvalue weighted by Gasteiger charge is 2.31. The molecule has 2 aromatic carbocycles. The molecule has 0 aliphatic carbocycles. The van der Waals surface area contributed by atoms with Gasteiger partial charge in [0.15, 0.2) is 0 Å². The number of rotatable bonds is 7. The fourth-order valence-corrected chi connectivity index (χ4v) is 3.13. The van der Waals surface area contributed by atoms with Crippen LogP contribution in [0.2, 0.25) is 5.02 Å². The number of hydrogen-bond acceptors (Lipinski definition) is 10. The fourth-order valence-electron chi connectivity index (χ4n) is 2.97. The first-order chi connectivity index (χ1) is 16.9. The van der Waals surface area contributed by atoms with Gasteiger partial charge >= 0.3 is 23.8 Å². The van der Waals surface area contributed by atoms with Crippen molar-refractivity contribution < 1.29 is 37.2 Å². The molecule has 0 amide bonds. The quantitative estimate of drug-likeness (QED) is 0.242. The number of methoxy groups -OCH3 is 2. The molecular formula is C21H15ClF3N5O6. The second-order valence-corrected chi connectivity index (χ2v) is 7.31. The Kier molecular flexibility index (Phi) is 7.58. The van der Waals surface area contributed by atoms with Crippen LogP contribution in [0.3, 0.4) is 0 Å². The maximum Gasteiger partial charge on any atom is 0.416 e. The summed E-state index contributed by atoms with van der Waals surface area (Å²) < 4.78 is 48.6. The van der Waals surface area contributed by atoms with E-state index in [4.69, 9.17) is 11.6 Å². The van der Waals surface area contributed by atoms with Gasteiger partial charge in [0.05, 0.1) is 46.5 Å². The lowest BCUT2D eigenvalue weighted by atomic mass is 10.1. The summed E-state index contributed by atoms with van der Waals surface area (Å²) in [6.45, 7) is 0. The van der Waals surface area contributed by atoms with Gasteiger partial charge in [-0.2, -0.15) is 13.2 Å². The van der Waals surface area contributed by atoms with E-state index < -0.39 is 45.9 Å². The van der Waals surface area contributed by atoms with Crippen molar-refractivity contribution in [2.45, 2.75) is 6.18 Å². The van der Waals surface area contributed by atoms with Crippen molar-refractivity contribution >= 4 is 52.2 Å². The molecule has 0 atom stereocenters. The third-order valence-electron chi connectivity index (χ3n) is 4.59. The smallest absolute Gasteiger partial charge is 0.416 e. The number of halogens is 4. The predicted molar refractivity (Wildman–Crippen MR) is 121 cm³/mol. The van der Waals surface area contributed by atoms with Crippen molar-refractivity contribution in [3.8, 4) is 0 Å². The number of aromatic nitrogens is 2. The second kappa shape index (κ2) is 10.4. The predicted octanol–water partition coefficient (Wildman–Crippen LogP) is 5.12. The van der Waals surface area contributed by atoms with Gasteiger partial charge < -0.3 is 20.1 Å². The summed E-state index contributed by atoms with van der Waals surface area (Å²) in [6.07, 6.45) is -3.78. The van der Waals surface area contributed by atoms with E-state index in [1.54, 1.807) is 0 Å². The molecule has 0 saturated heterocycles. The molecule has 0 aliphatic rings. The molecular weight excluding hydrogens is 511 g/mol. The average molecular weight is 526 g/mol. The van der Waals surface area contributed by atoms with E-state index >= 15 is 0 Å².